The number of anilines is 3. The van der Waals surface area contributed by atoms with E-state index in [0.717, 1.165) is 77.5 Å². The van der Waals surface area contributed by atoms with Gasteiger partial charge in [0.05, 0.1) is 5.69 Å². The summed E-state index contributed by atoms with van der Waals surface area (Å²) in [6, 6.07) is 57.8. The van der Waals surface area contributed by atoms with Crippen molar-refractivity contribution >= 4 is 82.5 Å². The molecular weight excluding hydrogens is 574 g/mol. The molecule has 2 heterocycles. The van der Waals surface area contributed by atoms with E-state index in [0.29, 0.717) is 0 Å². The topological polar surface area (TPSA) is 29.5 Å². The molecule has 220 valence electrons. The SMILES string of the molecule is c1ccc2c(N(c3ccc(-c4cccc5oc6c7ccccc7ccc6c45)cc3)c3ccc4c(c3)oc3ccccc34)cccc2c1. The molecule has 10 rings (SSSR count). The lowest BCUT2D eigenvalue weighted by molar-refractivity contribution is 0.669. The quantitative estimate of drug-likeness (QED) is 0.201. The molecule has 0 aliphatic carbocycles. The highest BCUT2D eigenvalue weighted by atomic mass is 16.3. The lowest BCUT2D eigenvalue weighted by Crippen LogP contribution is -2.10. The van der Waals surface area contributed by atoms with E-state index in [1.165, 1.54) is 16.2 Å². The van der Waals surface area contributed by atoms with Crippen LogP contribution in [0.3, 0.4) is 0 Å². The highest BCUT2D eigenvalue weighted by molar-refractivity contribution is 6.19. The van der Waals surface area contributed by atoms with Crippen LogP contribution >= 0.6 is 0 Å². The molecule has 0 amide bonds. The molecule has 3 nitrogen and oxygen atoms in total. The molecule has 2 aromatic heterocycles. The fraction of sp³-hybridized carbons (Fsp3) is 0. The summed E-state index contributed by atoms with van der Waals surface area (Å²) >= 11 is 0. The number of hydrogen-bond donors (Lipinski definition) is 0. The second-order valence-electron chi connectivity index (χ2n) is 12.1. The van der Waals surface area contributed by atoms with Crippen molar-refractivity contribution in [2.24, 2.45) is 0 Å². The first kappa shape index (κ1) is 26.0. The van der Waals surface area contributed by atoms with Gasteiger partial charge in [0.15, 0.2) is 0 Å². The van der Waals surface area contributed by atoms with Crippen molar-refractivity contribution in [3.05, 3.63) is 164 Å². The fourth-order valence-electron chi connectivity index (χ4n) is 7.27. The largest absolute Gasteiger partial charge is 0.456 e. The smallest absolute Gasteiger partial charge is 0.143 e. The third-order valence-electron chi connectivity index (χ3n) is 9.45. The van der Waals surface area contributed by atoms with Gasteiger partial charge < -0.3 is 13.7 Å². The number of benzene rings is 8. The second kappa shape index (κ2) is 10.1. The van der Waals surface area contributed by atoms with Crippen molar-refractivity contribution < 1.29 is 8.83 Å². The predicted molar refractivity (Wildman–Crippen MR) is 196 cm³/mol. The van der Waals surface area contributed by atoms with Gasteiger partial charge in [-0.1, -0.05) is 109 Å². The van der Waals surface area contributed by atoms with E-state index < -0.39 is 0 Å². The summed E-state index contributed by atoms with van der Waals surface area (Å²) in [6.07, 6.45) is 0. The van der Waals surface area contributed by atoms with Crippen LogP contribution in [-0.2, 0) is 0 Å². The minimum atomic E-state index is 0.872. The standard InChI is InChI=1S/C44H27NO2/c1-3-12-33-28(9-1)11-7-16-39(33)45(32-24-26-37-36-14-5-6-17-40(36)46-42(37)27-32)31-22-19-30(20-23-31)34-15-8-18-41-43(34)38-25-21-29-10-2-4-13-35(29)44(38)47-41/h1-27H. The molecule has 0 spiro atoms. The Hall–Kier alpha value is -6.32. The molecule has 8 aromatic carbocycles. The zero-order valence-corrected chi connectivity index (χ0v) is 25.4. The molecule has 0 radical (unpaired) electrons. The summed E-state index contributed by atoms with van der Waals surface area (Å²) in [5.74, 6) is 0. The Labute approximate surface area is 270 Å². The minimum Gasteiger partial charge on any atom is -0.456 e. The van der Waals surface area contributed by atoms with E-state index >= 15 is 0 Å². The van der Waals surface area contributed by atoms with Gasteiger partial charge in [0.1, 0.15) is 22.3 Å². The monoisotopic (exact) mass is 601 g/mol. The van der Waals surface area contributed by atoms with Gasteiger partial charge in [-0.15, -0.1) is 0 Å². The molecule has 47 heavy (non-hydrogen) atoms. The van der Waals surface area contributed by atoms with Gasteiger partial charge in [-0.2, -0.15) is 0 Å². The third kappa shape index (κ3) is 4.00. The molecule has 0 N–H and O–H groups in total. The summed E-state index contributed by atoms with van der Waals surface area (Å²) in [6.45, 7) is 0. The summed E-state index contributed by atoms with van der Waals surface area (Å²) in [5, 5.41) is 9.22. The summed E-state index contributed by atoms with van der Waals surface area (Å²) in [4.78, 5) is 2.33. The predicted octanol–water partition coefficient (Wildman–Crippen LogP) is 12.9. The highest BCUT2D eigenvalue weighted by Gasteiger charge is 2.19. The van der Waals surface area contributed by atoms with Crippen molar-refractivity contribution in [2.45, 2.75) is 0 Å². The van der Waals surface area contributed by atoms with Crippen molar-refractivity contribution in [3.63, 3.8) is 0 Å². The Morgan fingerprint density at radius 1 is 0.383 bits per heavy atom. The summed E-state index contributed by atoms with van der Waals surface area (Å²) in [5.41, 5.74) is 9.11. The molecule has 0 aliphatic rings. The first-order valence-corrected chi connectivity index (χ1v) is 15.9. The number of para-hydroxylation sites is 1. The van der Waals surface area contributed by atoms with Gasteiger partial charge in [-0.3, -0.25) is 0 Å². The molecule has 0 atom stereocenters. The number of hydrogen-bond acceptors (Lipinski definition) is 3. The van der Waals surface area contributed by atoms with Crippen molar-refractivity contribution in [1.29, 1.82) is 0 Å². The first-order valence-electron chi connectivity index (χ1n) is 15.9. The van der Waals surface area contributed by atoms with Crippen LogP contribution in [0.2, 0.25) is 0 Å². The molecule has 0 unspecified atom stereocenters. The molecule has 0 aliphatic heterocycles. The Balaban J connectivity index is 1.15. The van der Waals surface area contributed by atoms with Crippen molar-refractivity contribution in [3.8, 4) is 11.1 Å². The van der Waals surface area contributed by atoms with Crippen molar-refractivity contribution in [1.82, 2.24) is 0 Å². The molecule has 10 aromatic rings. The number of furan rings is 2. The van der Waals surface area contributed by atoms with Crippen LogP contribution in [0.25, 0.3) is 76.5 Å². The van der Waals surface area contributed by atoms with E-state index in [-0.39, 0.29) is 0 Å². The number of nitrogens with zero attached hydrogens (tertiary/aromatic N) is 1. The fourth-order valence-corrected chi connectivity index (χ4v) is 7.27. The van der Waals surface area contributed by atoms with Crippen LogP contribution in [0.1, 0.15) is 0 Å². The van der Waals surface area contributed by atoms with E-state index in [9.17, 15) is 0 Å². The van der Waals surface area contributed by atoms with Crippen LogP contribution in [-0.4, -0.2) is 0 Å². The molecule has 0 fully saturated rings. The van der Waals surface area contributed by atoms with Crippen LogP contribution in [0.5, 0.6) is 0 Å². The molecule has 0 saturated carbocycles. The van der Waals surface area contributed by atoms with Crippen LogP contribution < -0.4 is 4.90 Å². The zero-order valence-electron chi connectivity index (χ0n) is 25.4. The van der Waals surface area contributed by atoms with Gasteiger partial charge in [-0.05, 0) is 70.4 Å². The van der Waals surface area contributed by atoms with Crippen LogP contribution in [0.4, 0.5) is 17.1 Å². The second-order valence-corrected chi connectivity index (χ2v) is 12.1. The normalized spacial score (nSPS) is 11.8. The highest BCUT2D eigenvalue weighted by Crippen LogP contribution is 2.43. The Morgan fingerprint density at radius 3 is 1.89 bits per heavy atom. The molecule has 0 saturated heterocycles. The Morgan fingerprint density at radius 2 is 1.02 bits per heavy atom. The average Bonchev–Trinajstić information content (AvgIpc) is 3.71. The lowest BCUT2D eigenvalue weighted by atomic mass is 9.98. The van der Waals surface area contributed by atoms with E-state index in [1.807, 2.05) is 12.1 Å². The summed E-state index contributed by atoms with van der Waals surface area (Å²) < 4.78 is 12.8. The first-order chi connectivity index (χ1) is 23.3. The van der Waals surface area contributed by atoms with Gasteiger partial charge in [-0.25, -0.2) is 0 Å². The van der Waals surface area contributed by atoms with Gasteiger partial charge in [0.2, 0.25) is 0 Å². The number of rotatable bonds is 4. The molecule has 3 heteroatoms. The third-order valence-corrected chi connectivity index (χ3v) is 9.45. The maximum atomic E-state index is 6.49. The van der Waals surface area contributed by atoms with E-state index in [2.05, 4.69) is 157 Å². The van der Waals surface area contributed by atoms with Gasteiger partial charge in [0.25, 0.3) is 0 Å². The minimum absolute atomic E-state index is 0.872. The Bertz CT molecular complexity index is 2800. The van der Waals surface area contributed by atoms with Crippen LogP contribution in [0, 0.1) is 0 Å². The average molecular weight is 602 g/mol. The Kier molecular flexibility index (Phi) is 5.57. The van der Waals surface area contributed by atoms with Gasteiger partial charge >= 0.3 is 0 Å². The van der Waals surface area contributed by atoms with E-state index in [1.54, 1.807) is 0 Å². The van der Waals surface area contributed by atoms with E-state index in [4.69, 9.17) is 8.83 Å². The van der Waals surface area contributed by atoms with Gasteiger partial charge in [0, 0.05) is 49.8 Å². The van der Waals surface area contributed by atoms with Crippen LogP contribution in [0.15, 0.2) is 173 Å². The zero-order chi connectivity index (χ0) is 30.9. The molecular formula is C44H27NO2. The summed E-state index contributed by atoms with van der Waals surface area (Å²) in [7, 11) is 0. The number of fused-ring (bicyclic) bond motifs is 9. The lowest BCUT2D eigenvalue weighted by Gasteiger charge is -2.27. The maximum absolute atomic E-state index is 6.49. The maximum Gasteiger partial charge on any atom is 0.143 e. The molecule has 0 bridgehead atoms. The van der Waals surface area contributed by atoms with Crippen molar-refractivity contribution in [2.75, 3.05) is 4.90 Å².